The molecule has 0 saturated heterocycles. The lowest BCUT2D eigenvalue weighted by Gasteiger charge is -2.48. The van der Waals surface area contributed by atoms with E-state index in [2.05, 4.69) is 57.7 Å². The average Bonchev–Trinajstić information content (AvgIpc) is 2.38. The average molecular weight is 275 g/mol. The minimum Gasteiger partial charge on any atom is -0.492 e. The number of rotatable bonds is 5. The van der Waals surface area contributed by atoms with Gasteiger partial charge in [0.25, 0.3) is 0 Å². The van der Waals surface area contributed by atoms with Crippen molar-refractivity contribution < 1.29 is 4.74 Å². The number of para-hydroxylation sites is 1. The lowest BCUT2D eigenvalue weighted by molar-refractivity contribution is 0.325. The van der Waals surface area contributed by atoms with E-state index in [9.17, 15) is 0 Å². The van der Waals surface area contributed by atoms with Crippen LogP contribution in [0, 0.1) is 0 Å². The second-order valence-corrected chi connectivity index (χ2v) is 6.55. The van der Waals surface area contributed by atoms with Gasteiger partial charge >= 0.3 is 0 Å². The maximum atomic E-state index is 5.91. The molecule has 0 N–H and O–H groups in total. The van der Waals surface area contributed by atoms with Crippen molar-refractivity contribution >= 4 is 5.69 Å². The highest BCUT2D eigenvalue weighted by molar-refractivity contribution is 5.68. The topological polar surface area (TPSA) is 12.5 Å². The van der Waals surface area contributed by atoms with Crippen molar-refractivity contribution in [3.63, 3.8) is 0 Å². The summed E-state index contributed by atoms with van der Waals surface area (Å²) in [5, 5.41) is 0. The largest absolute Gasteiger partial charge is 0.492 e. The van der Waals surface area contributed by atoms with Gasteiger partial charge < -0.3 is 9.64 Å². The zero-order valence-electron chi connectivity index (χ0n) is 13.7. The maximum Gasteiger partial charge on any atom is 0.142 e. The molecule has 0 radical (unpaired) electrons. The number of ether oxygens (including phenoxy) is 1. The molecule has 0 bridgehead atoms. The number of anilines is 1. The van der Waals surface area contributed by atoms with Crippen LogP contribution < -0.4 is 9.64 Å². The van der Waals surface area contributed by atoms with Crippen molar-refractivity contribution in [2.24, 2.45) is 0 Å². The Morgan fingerprint density at radius 3 is 2.70 bits per heavy atom. The fourth-order valence-corrected chi connectivity index (χ4v) is 3.50. The van der Waals surface area contributed by atoms with Crippen molar-refractivity contribution in [3.8, 4) is 5.75 Å². The summed E-state index contributed by atoms with van der Waals surface area (Å²) in [5.74, 6) is 1.65. The minimum atomic E-state index is 0.203. The van der Waals surface area contributed by atoms with Crippen LogP contribution in [0.15, 0.2) is 18.2 Å². The molecule has 0 saturated carbocycles. The molecule has 2 nitrogen and oxygen atoms in total. The molecular weight excluding hydrogens is 246 g/mol. The second kappa shape index (κ2) is 6.07. The highest BCUT2D eigenvalue weighted by Crippen LogP contribution is 2.47. The molecule has 0 aliphatic carbocycles. The predicted octanol–water partition coefficient (Wildman–Crippen LogP) is 4.98. The first-order valence-electron chi connectivity index (χ1n) is 8.04. The summed E-state index contributed by atoms with van der Waals surface area (Å²) in [5.41, 5.74) is 2.99. The summed E-state index contributed by atoms with van der Waals surface area (Å²) in [6, 6.07) is 6.53. The lowest BCUT2D eigenvalue weighted by Crippen LogP contribution is -2.49. The predicted molar refractivity (Wildman–Crippen MR) is 87.0 cm³/mol. The van der Waals surface area contributed by atoms with Crippen molar-refractivity contribution in [3.05, 3.63) is 23.8 Å². The summed E-state index contributed by atoms with van der Waals surface area (Å²) in [6.07, 6.45) is 3.67. The third-order valence-electron chi connectivity index (χ3n) is 4.40. The van der Waals surface area contributed by atoms with E-state index >= 15 is 0 Å². The summed E-state index contributed by atoms with van der Waals surface area (Å²) >= 11 is 0. The van der Waals surface area contributed by atoms with Gasteiger partial charge in [0, 0.05) is 12.1 Å². The molecule has 0 fully saturated rings. The molecule has 1 aromatic carbocycles. The van der Waals surface area contributed by atoms with Gasteiger partial charge in [0.1, 0.15) is 5.75 Å². The van der Waals surface area contributed by atoms with Gasteiger partial charge in [-0.2, -0.15) is 0 Å². The highest BCUT2D eigenvalue weighted by atomic mass is 16.5. The normalized spacial score (nSPS) is 20.6. The first-order chi connectivity index (χ1) is 9.51. The Morgan fingerprint density at radius 2 is 2.05 bits per heavy atom. The van der Waals surface area contributed by atoms with Crippen molar-refractivity contribution in [1.29, 1.82) is 0 Å². The number of hydrogen-bond acceptors (Lipinski definition) is 2. The van der Waals surface area contributed by atoms with Gasteiger partial charge in [0.15, 0.2) is 0 Å². The van der Waals surface area contributed by atoms with Crippen molar-refractivity contribution in [1.82, 2.24) is 0 Å². The fraction of sp³-hybridized carbons (Fsp3) is 0.667. The van der Waals surface area contributed by atoms with Crippen LogP contribution >= 0.6 is 0 Å². The number of fused-ring (bicyclic) bond motifs is 1. The summed E-state index contributed by atoms with van der Waals surface area (Å²) in [6.45, 7) is 13.2. The third kappa shape index (κ3) is 2.79. The van der Waals surface area contributed by atoms with E-state index < -0.39 is 0 Å². The van der Waals surface area contributed by atoms with Crippen molar-refractivity contribution in [2.75, 3.05) is 18.1 Å². The molecule has 1 aliphatic heterocycles. The number of hydrogen-bond donors (Lipinski definition) is 0. The van der Waals surface area contributed by atoms with Crippen LogP contribution in [-0.4, -0.2) is 18.7 Å². The standard InChI is InChI=1S/C18H29NO/c1-6-8-12-19-17-15(14(3)13-18(19,4)5)10-9-11-16(17)20-7-2/h9-11,14H,6-8,12-13H2,1-5H3. The number of nitrogens with zero attached hydrogens (tertiary/aromatic N) is 1. The van der Waals surface area contributed by atoms with E-state index in [0.29, 0.717) is 5.92 Å². The molecule has 0 spiro atoms. The Bertz CT molecular complexity index is 453. The van der Waals surface area contributed by atoms with E-state index in [-0.39, 0.29) is 5.54 Å². The Labute approximate surface area is 124 Å². The molecule has 1 heterocycles. The Kier molecular flexibility index (Phi) is 4.62. The molecule has 20 heavy (non-hydrogen) atoms. The van der Waals surface area contributed by atoms with Crippen LogP contribution in [0.1, 0.15) is 65.4 Å². The summed E-state index contributed by atoms with van der Waals surface area (Å²) < 4.78 is 5.91. The van der Waals surface area contributed by atoms with Gasteiger partial charge in [0.2, 0.25) is 0 Å². The van der Waals surface area contributed by atoms with Crippen LogP contribution in [-0.2, 0) is 0 Å². The summed E-state index contributed by atoms with van der Waals surface area (Å²) in [4.78, 5) is 2.58. The van der Waals surface area contributed by atoms with E-state index in [1.54, 1.807) is 0 Å². The van der Waals surface area contributed by atoms with Gasteiger partial charge in [0.05, 0.1) is 12.3 Å². The summed E-state index contributed by atoms with van der Waals surface area (Å²) in [7, 11) is 0. The molecular formula is C18H29NO. The fourth-order valence-electron chi connectivity index (χ4n) is 3.50. The van der Waals surface area contributed by atoms with Gasteiger partial charge in [-0.3, -0.25) is 0 Å². The third-order valence-corrected chi connectivity index (χ3v) is 4.40. The first kappa shape index (κ1) is 15.2. The molecule has 0 amide bonds. The number of unbranched alkanes of at least 4 members (excludes halogenated alkanes) is 1. The second-order valence-electron chi connectivity index (χ2n) is 6.55. The van der Waals surface area contributed by atoms with Gasteiger partial charge in [-0.15, -0.1) is 0 Å². The number of benzene rings is 1. The van der Waals surface area contributed by atoms with Gasteiger partial charge in [-0.25, -0.2) is 0 Å². The molecule has 1 atom stereocenters. The van der Waals surface area contributed by atoms with Crippen LogP contribution in [0.25, 0.3) is 0 Å². The van der Waals surface area contributed by atoms with Crippen LogP contribution in [0.5, 0.6) is 5.75 Å². The Balaban J connectivity index is 2.48. The monoisotopic (exact) mass is 275 g/mol. The SMILES string of the molecule is CCCCN1c2c(OCC)cccc2C(C)CC1(C)C. The molecule has 1 unspecified atom stereocenters. The Hall–Kier alpha value is -1.18. The highest BCUT2D eigenvalue weighted by Gasteiger charge is 2.37. The minimum absolute atomic E-state index is 0.203. The lowest BCUT2D eigenvalue weighted by atomic mass is 9.79. The molecule has 112 valence electrons. The molecule has 1 aromatic rings. The molecule has 2 heteroatoms. The quantitative estimate of drug-likeness (QED) is 0.751. The van der Waals surface area contributed by atoms with E-state index in [4.69, 9.17) is 4.74 Å². The molecule has 2 rings (SSSR count). The first-order valence-corrected chi connectivity index (χ1v) is 8.04. The van der Waals surface area contributed by atoms with Gasteiger partial charge in [-0.1, -0.05) is 32.4 Å². The molecule has 0 aromatic heterocycles. The van der Waals surface area contributed by atoms with E-state index in [1.807, 2.05) is 0 Å². The zero-order chi connectivity index (χ0) is 14.8. The van der Waals surface area contributed by atoms with E-state index in [0.717, 1.165) is 18.9 Å². The van der Waals surface area contributed by atoms with E-state index in [1.165, 1.54) is 30.5 Å². The van der Waals surface area contributed by atoms with Crippen LogP contribution in [0.2, 0.25) is 0 Å². The molecule has 1 aliphatic rings. The Morgan fingerprint density at radius 1 is 1.30 bits per heavy atom. The van der Waals surface area contributed by atoms with Crippen LogP contribution in [0.4, 0.5) is 5.69 Å². The maximum absolute atomic E-state index is 5.91. The van der Waals surface area contributed by atoms with Crippen LogP contribution in [0.3, 0.4) is 0 Å². The van der Waals surface area contributed by atoms with Gasteiger partial charge in [-0.05, 0) is 51.2 Å². The van der Waals surface area contributed by atoms with Crippen molar-refractivity contribution in [2.45, 2.75) is 65.3 Å². The zero-order valence-corrected chi connectivity index (χ0v) is 13.7. The smallest absolute Gasteiger partial charge is 0.142 e.